The SMILES string of the molecule is C=CCN1C(=O)c2ccc(C(=O)O[C@@H](C)C(=O)NCc3ccc4c(c3)OCO4)cc2C1=O. The molecule has 2 aromatic rings. The van der Waals surface area contributed by atoms with Crippen LogP contribution in [0.5, 0.6) is 11.5 Å². The number of imide groups is 1. The number of nitrogens with one attached hydrogen (secondary N) is 1. The van der Waals surface area contributed by atoms with Crippen molar-refractivity contribution in [3.63, 3.8) is 0 Å². The van der Waals surface area contributed by atoms with Crippen molar-refractivity contribution < 1.29 is 33.4 Å². The highest BCUT2D eigenvalue weighted by Gasteiger charge is 2.35. The zero-order valence-electron chi connectivity index (χ0n) is 17.3. The lowest BCUT2D eigenvalue weighted by Gasteiger charge is -2.14. The Morgan fingerprint density at radius 3 is 2.66 bits per heavy atom. The average Bonchev–Trinajstić information content (AvgIpc) is 3.35. The Hall–Kier alpha value is -4.14. The Labute approximate surface area is 183 Å². The first-order valence-electron chi connectivity index (χ1n) is 9.87. The van der Waals surface area contributed by atoms with Gasteiger partial charge in [0.05, 0.1) is 16.7 Å². The number of rotatable bonds is 7. The molecule has 4 rings (SSSR count). The van der Waals surface area contributed by atoms with Crippen LogP contribution in [0.1, 0.15) is 43.6 Å². The van der Waals surface area contributed by atoms with Gasteiger partial charge in [0.25, 0.3) is 17.7 Å². The van der Waals surface area contributed by atoms with Crippen LogP contribution >= 0.6 is 0 Å². The van der Waals surface area contributed by atoms with Gasteiger partial charge in [-0.2, -0.15) is 0 Å². The second kappa shape index (κ2) is 8.54. The molecule has 9 nitrogen and oxygen atoms in total. The molecule has 0 aliphatic carbocycles. The maximum atomic E-state index is 12.5. The Morgan fingerprint density at radius 2 is 1.88 bits per heavy atom. The van der Waals surface area contributed by atoms with Gasteiger partial charge >= 0.3 is 5.97 Å². The third-order valence-electron chi connectivity index (χ3n) is 5.07. The summed E-state index contributed by atoms with van der Waals surface area (Å²) in [5.74, 6) is -0.964. The minimum atomic E-state index is -1.07. The van der Waals surface area contributed by atoms with Crippen molar-refractivity contribution in [1.82, 2.24) is 10.2 Å². The molecule has 32 heavy (non-hydrogen) atoms. The fourth-order valence-corrected chi connectivity index (χ4v) is 3.38. The van der Waals surface area contributed by atoms with Crippen LogP contribution in [-0.2, 0) is 16.1 Å². The number of fused-ring (bicyclic) bond motifs is 2. The molecule has 0 saturated heterocycles. The van der Waals surface area contributed by atoms with Crippen molar-refractivity contribution in [2.24, 2.45) is 0 Å². The summed E-state index contributed by atoms with van der Waals surface area (Å²) in [6, 6.07) is 9.41. The highest BCUT2D eigenvalue weighted by molar-refractivity contribution is 6.22. The van der Waals surface area contributed by atoms with Gasteiger partial charge in [0.2, 0.25) is 6.79 Å². The highest BCUT2D eigenvalue weighted by Crippen LogP contribution is 2.32. The molecule has 0 aromatic heterocycles. The molecule has 0 radical (unpaired) electrons. The number of carbonyl (C=O) groups excluding carboxylic acids is 4. The molecule has 0 unspecified atom stereocenters. The quantitative estimate of drug-likeness (QED) is 0.402. The Balaban J connectivity index is 1.36. The van der Waals surface area contributed by atoms with E-state index in [0.29, 0.717) is 11.5 Å². The normalized spacial score (nSPS) is 14.7. The molecule has 1 N–H and O–H groups in total. The van der Waals surface area contributed by atoms with Crippen LogP contribution in [0.3, 0.4) is 0 Å². The van der Waals surface area contributed by atoms with Crippen LogP contribution in [0.2, 0.25) is 0 Å². The summed E-state index contributed by atoms with van der Waals surface area (Å²) in [7, 11) is 0. The van der Waals surface area contributed by atoms with Crippen LogP contribution in [-0.4, -0.2) is 48.0 Å². The van der Waals surface area contributed by atoms with Gasteiger partial charge in [0, 0.05) is 13.1 Å². The van der Waals surface area contributed by atoms with E-state index in [1.165, 1.54) is 31.2 Å². The van der Waals surface area contributed by atoms with Gasteiger partial charge in [-0.1, -0.05) is 12.1 Å². The van der Waals surface area contributed by atoms with E-state index in [1.807, 2.05) is 0 Å². The van der Waals surface area contributed by atoms with Crippen LogP contribution < -0.4 is 14.8 Å². The zero-order chi connectivity index (χ0) is 22.8. The number of amides is 3. The molecule has 3 amide bonds. The van der Waals surface area contributed by atoms with Crippen LogP contribution in [0, 0.1) is 0 Å². The molecule has 2 heterocycles. The van der Waals surface area contributed by atoms with Gasteiger partial charge in [-0.15, -0.1) is 6.58 Å². The molecule has 0 bridgehead atoms. The second-order valence-electron chi connectivity index (χ2n) is 7.22. The Bertz CT molecular complexity index is 1140. The van der Waals surface area contributed by atoms with Crippen molar-refractivity contribution in [3.05, 3.63) is 71.3 Å². The number of nitrogens with zero attached hydrogens (tertiary/aromatic N) is 1. The minimum Gasteiger partial charge on any atom is -0.454 e. The van der Waals surface area contributed by atoms with Crippen molar-refractivity contribution >= 4 is 23.7 Å². The largest absolute Gasteiger partial charge is 0.454 e. The molecule has 0 spiro atoms. The first kappa shape index (κ1) is 21.1. The molecule has 2 aromatic carbocycles. The van der Waals surface area contributed by atoms with Crippen LogP contribution in [0.4, 0.5) is 0 Å². The topological polar surface area (TPSA) is 111 Å². The van der Waals surface area contributed by atoms with E-state index in [-0.39, 0.29) is 36.6 Å². The first-order valence-corrected chi connectivity index (χ1v) is 9.87. The molecule has 1 atom stereocenters. The Morgan fingerprint density at radius 1 is 1.12 bits per heavy atom. The fourth-order valence-electron chi connectivity index (χ4n) is 3.38. The lowest BCUT2D eigenvalue weighted by atomic mass is 10.1. The van der Waals surface area contributed by atoms with Crippen molar-refractivity contribution in [2.75, 3.05) is 13.3 Å². The lowest BCUT2D eigenvalue weighted by molar-refractivity contribution is -0.129. The second-order valence-corrected chi connectivity index (χ2v) is 7.22. The minimum absolute atomic E-state index is 0.0702. The summed E-state index contributed by atoms with van der Waals surface area (Å²) in [4.78, 5) is 50.6. The van der Waals surface area contributed by atoms with Crippen LogP contribution in [0.25, 0.3) is 0 Å². The molecular weight excluding hydrogens is 416 g/mol. The molecule has 0 saturated carbocycles. The number of hydrogen-bond donors (Lipinski definition) is 1. The first-order chi connectivity index (χ1) is 15.4. The maximum absolute atomic E-state index is 12.5. The number of benzene rings is 2. The number of esters is 1. The molecule has 164 valence electrons. The van der Waals surface area contributed by atoms with Gasteiger partial charge in [0.15, 0.2) is 17.6 Å². The predicted octanol–water partition coefficient (Wildman–Crippen LogP) is 2.06. The monoisotopic (exact) mass is 436 g/mol. The van der Waals surface area contributed by atoms with Gasteiger partial charge in [-0.05, 0) is 42.8 Å². The molecule has 2 aliphatic heterocycles. The molecular formula is C23H20N2O7. The van der Waals surface area contributed by atoms with E-state index in [4.69, 9.17) is 14.2 Å². The van der Waals surface area contributed by atoms with E-state index < -0.39 is 29.8 Å². The van der Waals surface area contributed by atoms with Crippen molar-refractivity contribution in [3.8, 4) is 11.5 Å². The third-order valence-corrected chi connectivity index (χ3v) is 5.07. The van der Waals surface area contributed by atoms with Gasteiger partial charge in [-0.25, -0.2) is 4.79 Å². The summed E-state index contributed by atoms with van der Waals surface area (Å²) in [6.45, 7) is 5.43. The number of carbonyl (C=O) groups is 4. The highest BCUT2D eigenvalue weighted by atomic mass is 16.7. The van der Waals surface area contributed by atoms with Crippen LogP contribution in [0.15, 0.2) is 49.1 Å². The third kappa shape index (κ3) is 3.92. The summed E-state index contributed by atoms with van der Waals surface area (Å²) in [6.07, 6.45) is 0.375. The van der Waals surface area contributed by atoms with Crippen molar-refractivity contribution in [2.45, 2.75) is 19.6 Å². The lowest BCUT2D eigenvalue weighted by Crippen LogP contribution is -2.35. The summed E-state index contributed by atoms with van der Waals surface area (Å²) < 4.78 is 15.8. The molecule has 0 fully saturated rings. The van der Waals surface area contributed by atoms with E-state index in [0.717, 1.165) is 10.5 Å². The number of ether oxygens (including phenoxy) is 3. The summed E-state index contributed by atoms with van der Waals surface area (Å²) >= 11 is 0. The zero-order valence-corrected chi connectivity index (χ0v) is 17.3. The smallest absolute Gasteiger partial charge is 0.338 e. The Kier molecular flexibility index (Phi) is 5.63. The van der Waals surface area contributed by atoms with E-state index in [1.54, 1.807) is 18.2 Å². The summed E-state index contributed by atoms with van der Waals surface area (Å²) in [5.41, 5.74) is 1.20. The molecule has 2 aliphatic rings. The van der Waals surface area contributed by atoms with Crippen molar-refractivity contribution in [1.29, 1.82) is 0 Å². The summed E-state index contributed by atoms with van der Waals surface area (Å²) in [5, 5.41) is 2.69. The fraction of sp³-hybridized carbons (Fsp3) is 0.217. The van der Waals surface area contributed by atoms with E-state index >= 15 is 0 Å². The predicted molar refractivity (Wildman–Crippen MR) is 111 cm³/mol. The van der Waals surface area contributed by atoms with Gasteiger partial charge < -0.3 is 19.5 Å². The van der Waals surface area contributed by atoms with Gasteiger partial charge in [0.1, 0.15) is 0 Å². The maximum Gasteiger partial charge on any atom is 0.338 e. The van der Waals surface area contributed by atoms with E-state index in [9.17, 15) is 19.2 Å². The standard InChI is InChI=1S/C23H20N2O7/c1-3-8-25-21(27)16-6-5-15(10-17(16)22(25)28)23(29)32-13(2)20(26)24-11-14-4-7-18-19(9-14)31-12-30-18/h3-7,9-10,13H,1,8,11-12H2,2H3,(H,24,26)/t13-/m0/s1. The molecule has 9 heteroatoms. The average molecular weight is 436 g/mol. The van der Waals surface area contributed by atoms with E-state index in [2.05, 4.69) is 11.9 Å². The van der Waals surface area contributed by atoms with Gasteiger partial charge in [-0.3, -0.25) is 19.3 Å². The number of hydrogen-bond acceptors (Lipinski definition) is 7.